The zero-order valence-corrected chi connectivity index (χ0v) is 21.3. The number of benzene rings is 2. The fourth-order valence-corrected chi connectivity index (χ4v) is 4.58. The largest absolute Gasteiger partial charge is 0.489 e. The first-order chi connectivity index (χ1) is 18.9. The number of imidazole rings is 1. The van der Waals surface area contributed by atoms with Crippen molar-refractivity contribution in [1.82, 2.24) is 19.5 Å². The van der Waals surface area contributed by atoms with Gasteiger partial charge in [0, 0.05) is 22.0 Å². The van der Waals surface area contributed by atoms with Crippen LogP contribution in [0.5, 0.6) is 5.75 Å². The zero-order valence-electron chi connectivity index (χ0n) is 20.5. The first-order valence-corrected chi connectivity index (χ1v) is 12.2. The van der Waals surface area contributed by atoms with Crippen molar-refractivity contribution in [3.05, 3.63) is 87.3 Å². The van der Waals surface area contributed by atoms with Gasteiger partial charge in [0.25, 0.3) is 0 Å². The number of hydrogen-bond donors (Lipinski definition) is 3. The first kappa shape index (κ1) is 26.2. The lowest BCUT2D eigenvalue weighted by Gasteiger charge is -2.17. The Bertz CT molecular complexity index is 1570. The van der Waals surface area contributed by atoms with Crippen molar-refractivity contribution < 1.29 is 24.5 Å². The lowest BCUT2D eigenvalue weighted by molar-refractivity contribution is -0.152. The molecule has 0 aliphatic carbocycles. The van der Waals surface area contributed by atoms with E-state index in [9.17, 15) is 15.0 Å². The SMILES string of the molecule is Cc1ccccc1COc1ccc(Cl)cc1CNc1ncnc2c1ncn2C1OC(C(=O)O)C(N=[N+]=[N-])C1O. The van der Waals surface area contributed by atoms with Crippen LogP contribution in [0.25, 0.3) is 21.6 Å². The molecule has 3 heterocycles. The number of aliphatic carboxylic acids is 1. The molecule has 1 aliphatic heterocycles. The molecule has 13 nitrogen and oxygen atoms in total. The molecule has 0 bridgehead atoms. The number of hydrogen-bond acceptors (Lipinski definition) is 9. The number of azide groups is 1. The molecule has 200 valence electrons. The number of aromatic nitrogens is 4. The van der Waals surface area contributed by atoms with Crippen LogP contribution in [-0.2, 0) is 22.7 Å². The monoisotopic (exact) mass is 550 g/mol. The normalized spacial score (nSPS) is 20.5. The average molecular weight is 551 g/mol. The number of nitrogens with one attached hydrogen (secondary N) is 1. The molecule has 1 aliphatic rings. The summed E-state index contributed by atoms with van der Waals surface area (Å²) in [5, 5.41) is 27.3. The summed E-state index contributed by atoms with van der Waals surface area (Å²) in [6.07, 6.45) is -1.50. The van der Waals surface area contributed by atoms with Gasteiger partial charge in [-0.3, -0.25) is 4.57 Å². The van der Waals surface area contributed by atoms with E-state index in [1.807, 2.05) is 31.2 Å². The molecule has 5 rings (SSSR count). The fraction of sp³-hybridized carbons (Fsp3) is 0.280. The summed E-state index contributed by atoms with van der Waals surface area (Å²) < 4.78 is 13.0. The molecule has 1 saturated heterocycles. The van der Waals surface area contributed by atoms with Gasteiger partial charge in [0.05, 0.1) is 6.33 Å². The van der Waals surface area contributed by atoms with Gasteiger partial charge in [-0.05, 0) is 41.8 Å². The van der Waals surface area contributed by atoms with Crippen molar-refractivity contribution in [2.24, 2.45) is 5.11 Å². The maximum Gasteiger partial charge on any atom is 0.333 e. The van der Waals surface area contributed by atoms with Crippen molar-refractivity contribution in [3.8, 4) is 5.75 Å². The Kier molecular flexibility index (Phi) is 7.48. The van der Waals surface area contributed by atoms with Gasteiger partial charge in [-0.2, -0.15) is 0 Å². The quantitative estimate of drug-likeness (QED) is 0.157. The van der Waals surface area contributed by atoms with Gasteiger partial charge < -0.3 is 25.0 Å². The van der Waals surface area contributed by atoms with Crippen molar-refractivity contribution in [2.45, 2.75) is 44.6 Å². The minimum atomic E-state index is -1.53. The maximum atomic E-state index is 11.6. The van der Waals surface area contributed by atoms with Gasteiger partial charge in [-0.15, -0.1) is 0 Å². The van der Waals surface area contributed by atoms with Crippen molar-refractivity contribution in [2.75, 3.05) is 5.32 Å². The Labute approximate surface area is 226 Å². The van der Waals surface area contributed by atoms with Crippen LogP contribution in [0.3, 0.4) is 0 Å². The number of carboxylic acid groups (broad SMARTS) is 1. The van der Waals surface area contributed by atoms with Crippen molar-refractivity contribution in [3.63, 3.8) is 0 Å². The molecular formula is C25H23ClN8O5. The highest BCUT2D eigenvalue weighted by Gasteiger charge is 2.48. The van der Waals surface area contributed by atoms with E-state index in [-0.39, 0.29) is 5.65 Å². The Morgan fingerprint density at radius 3 is 2.85 bits per heavy atom. The van der Waals surface area contributed by atoms with E-state index in [0.29, 0.717) is 35.3 Å². The van der Waals surface area contributed by atoms with Crippen molar-refractivity contribution in [1.29, 1.82) is 0 Å². The molecule has 1 fully saturated rings. The third kappa shape index (κ3) is 5.29. The second kappa shape index (κ2) is 11.1. The number of ether oxygens (including phenoxy) is 2. The minimum Gasteiger partial charge on any atom is -0.489 e. The molecule has 2 aromatic carbocycles. The molecule has 0 amide bonds. The number of aliphatic hydroxyl groups excluding tert-OH is 1. The van der Waals surface area contributed by atoms with E-state index in [1.54, 1.807) is 18.2 Å². The number of fused-ring (bicyclic) bond motifs is 1. The van der Waals surface area contributed by atoms with Gasteiger partial charge in [-0.25, -0.2) is 19.7 Å². The first-order valence-electron chi connectivity index (χ1n) is 11.8. The molecule has 4 aromatic rings. The second-order valence-corrected chi connectivity index (χ2v) is 9.28. The highest BCUT2D eigenvalue weighted by Crippen LogP contribution is 2.34. The summed E-state index contributed by atoms with van der Waals surface area (Å²) in [6, 6.07) is 12.0. The number of rotatable bonds is 9. The Balaban J connectivity index is 1.37. The lowest BCUT2D eigenvalue weighted by atomic mass is 10.1. The van der Waals surface area contributed by atoms with Crippen LogP contribution in [0.1, 0.15) is 22.9 Å². The molecule has 4 unspecified atom stereocenters. The van der Waals surface area contributed by atoms with Gasteiger partial charge in [-0.1, -0.05) is 41.0 Å². The summed E-state index contributed by atoms with van der Waals surface area (Å²) in [5.41, 5.74) is 12.4. The summed E-state index contributed by atoms with van der Waals surface area (Å²) >= 11 is 6.26. The summed E-state index contributed by atoms with van der Waals surface area (Å²) in [6.45, 7) is 2.71. The van der Waals surface area contributed by atoms with Gasteiger partial charge in [0.15, 0.2) is 29.3 Å². The van der Waals surface area contributed by atoms with Gasteiger partial charge in [0.1, 0.15) is 30.8 Å². The van der Waals surface area contributed by atoms with Crippen LogP contribution in [0.4, 0.5) is 5.82 Å². The van der Waals surface area contributed by atoms with Crippen LogP contribution < -0.4 is 10.1 Å². The predicted octanol–water partition coefficient (Wildman–Crippen LogP) is 4.00. The Hall–Kier alpha value is -4.42. The fourth-order valence-electron chi connectivity index (χ4n) is 4.38. The third-order valence-electron chi connectivity index (χ3n) is 6.41. The molecule has 0 radical (unpaired) electrons. The molecule has 4 atom stereocenters. The molecule has 39 heavy (non-hydrogen) atoms. The van der Waals surface area contributed by atoms with Crippen LogP contribution in [-0.4, -0.2) is 54.0 Å². The summed E-state index contributed by atoms with van der Waals surface area (Å²) in [4.78, 5) is 27.1. The van der Waals surface area contributed by atoms with E-state index in [1.165, 1.54) is 17.2 Å². The predicted molar refractivity (Wildman–Crippen MR) is 140 cm³/mol. The molecule has 2 aromatic heterocycles. The highest BCUT2D eigenvalue weighted by molar-refractivity contribution is 6.30. The standard InChI is InChI=1S/C25H23ClN8O5/c1-13-4-2-3-5-14(13)10-38-17-7-6-16(26)8-15(17)9-28-22-19-23(30-11-29-22)34(12-31-19)24-20(35)18(32-33-27)21(39-24)25(36)37/h2-8,11-12,18,20-21,24,35H,9-10H2,1H3,(H,36,37)(H,28,29,30). The van der Waals surface area contributed by atoms with Crippen LogP contribution in [0, 0.1) is 6.92 Å². The summed E-state index contributed by atoms with van der Waals surface area (Å²) in [5.74, 6) is -0.327. The number of halogens is 1. The number of aryl methyl sites for hydroxylation is 1. The molecule has 3 N–H and O–H groups in total. The van der Waals surface area contributed by atoms with Gasteiger partial charge >= 0.3 is 5.97 Å². The number of anilines is 1. The second-order valence-electron chi connectivity index (χ2n) is 8.84. The third-order valence-corrected chi connectivity index (χ3v) is 6.65. The van der Waals surface area contributed by atoms with E-state index in [0.717, 1.165) is 16.7 Å². The maximum absolute atomic E-state index is 11.6. The topological polar surface area (TPSA) is 180 Å². The van der Waals surface area contributed by atoms with Crippen LogP contribution in [0.15, 0.2) is 60.2 Å². The van der Waals surface area contributed by atoms with Crippen LogP contribution >= 0.6 is 11.6 Å². The van der Waals surface area contributed by atoms with Crippen LogP contribution in [0.2, 0.25) is 5.02 Å². The van der Waals surface area contributed by atoms with E-state index >= 15 is 0 Å². The highest BCUT2D eigenvalue weighted by atomic mass is 35.5. The van der Waals surface area contributed by atoms with E-state index < -0.39 is 30.4 Å². The van der Waals surface area contributed by atoms with E-state index in [4.69, 9.17) is 26.6 Å². The molecule has 0 spiro atoms. The molecular weight excluding hydrogens is 528 g/mol. The number of nitrogens with zero attached hydrogens (tertiary/aromatic N) is 7. The van der Waals surface area contributed by atoms with Gasteiger partial charge in [0.2, 0.25) is 0 Å². The average Bonchev–Trinajstić information content (AvgIpc) is 3.49. The molecule has 14 heteroatoms. The Morgan fingerprint density at radius 2 is 2.08 bits per heavy atom. The summed E-state index contributed by atoms with van der Waals surface area (Å²) in [7, 11) is 0. The number of carbonyl (C=O) groups is 1. The minimum absolute atomic E-state index is 0.282. The van der Waals surface area contributed by atoms with E-state index in [2.05, 4.69) is 30.3 Å². The lowest BCUT2D eigenvalue weighted by Crippen LogP contribution is -2.34. The number of aliphatic hydroxyl groups is 1. The number of carboxylic acids is 1. The van der Waals surface area contributed by atoms with Crippen molar-refractivity contribution >= 4 is 34.6 Å². The molecule has 0 saturated carbocycles. The smallest absolute Gasteiger partial charge is 0.333 e. The zero-order chi connectivity index (χ0) is 27.5. The Morgan fingerprint density at radius 1 is 1.26 bits per heavy atom.